The van der Waals surface area contributed by atoms with E-state index in [0.29, 0.717) is 23.6 Å². The Hall–Kier alpha value is -0.620. The Labute approximate surface area is 118 Å². The van der Waals surface area contributed by atoms with Crippen molar-refractivity contribution < 1.29 is 9.59 Å². The first-order chi connectivity index (χ1) is 7.99. The maximum absolute atomic E-state index is 11.9. The van der Waals surface area contributed by atoms with E-state index in [1.165, 1.54) is 4.90 Å². The Morgan fingerprint density at radius 1 is 1.29 bits per heavy atom. The van der Waals surface area contributed by atoms with Gasteiger partial charge in [0, 0.05) is 16.4 Å². The second-order valence-electron chi connectivity index (χ2n) is 4.23. The highest BCUT2D eigenvalue weighted by Gasteiger charge is 2.32. The van der Waals surface area contributed by atoms with Crippen LogP contribution < -0.4 is 4.90 Å². The number of halogens is 2. The molecular formula is C12H11ClINO2. The Balaban J connectivity index is 2.38. The Bertz CT molecular complexity index is 471. The van der Waals surface area contributed by atoms with Crippen LogP contribution in [0, 0.1) is 9.49 Å². The highest BCUT2D eigenvalue weighted by atomic mass is 127. The van der Waals surface area contributed by atoms with E-state index in [1.54, 1.807) is 12.1 Å². The third-order valence-electron chi connectivity index (χ3n) is 2.70. The first-order valence-electron chi connectivity index (χ1n) is 5.30. The average Bonchev–Trinajstić information content (AvgIpc) is 2.19. The number of hydrogen-bond donors (Lipinski definition) is 0. The summed E-state index contributed by atoms with van der Waals surface area (Å²) < 4.78 is 0.974. The number of rotatable bonds is 1. The van der Waals surface area contributed by atoms with Crippen LogP contribution in [0.5, 0.6) is 0 Å². The van der Waals surface area contributed by atoms with Crippen LogP contribution >= 0.6 is 34.2 Å². The van der Waals surface area contributed by atoms with Gasteiger partial charge in [0.15, 0.2) is 0 Å². The lowest BCUT2D eigenvalue weighted by molar-refractivity contribution is -0.130. The van der Waals surface area contributed by atoms with E-state index in [2.05, 4.69) is 22.6 Å². The molecule has 17 heavy (non-hydrogen) atoms. The average molecular weight is 364 g/mol. The molecule has 0 aliphatic carbocycles. The molecule has 0 radical (unpaired) electrons. The van der Waals surface area contributed by atoms with Crippen molar-refractivity contribution in [2.24, 2.45) is 5.92 Å². The van der Waals surface area contributed by atoms with Crippen molar-refractivity contribution in [2.75, 3.05) is 4.90 Å². The lowest BCUT2D eigenvalue weighted by Gasteiger charge is -2.28. The number of carbonyl (C=O) groups excluding carboxylic acids is 2. The highest BCUT2D eigenvalue weighted by Crippen LogP contribution is 2.31. The Kier molecular flexibility index (Phi) is 3.73. The van der Waals surface area contributed by atoms with Gasteiger partial charge in [-0.15, -0.1) is 0 Å². The van der Waals surface area contributed by atoms with Gasteiger partial charge < -0.3 is 0 Å². The zero-order chi connectivity index (χ0) is 12.6. The number of imide groups is 1. The molecule has 1 fully saturated rings. The lowest BCUT2D eigenvalue weighted by Crippen LogP contribution is -2.43. The molecule has 2 amide bonds. The van der Waals surface area contributed by atoms with Gasteiger partial charge in [-0.25, -0.2) is 4.90 Å². The molecule has 0 spiro atoms. The standard InChI is InChI=1S/C12H11ClINO2/c1-7-4-11(16)15(12(17)5-7)10-3-2-8(14)6-9(10)13/h2-3,6-7H,4-5H2,1H3. The number of carbonyl (C=O) groups is 2. The summed E-state index contributed by atoms with van der Waals surface area (Å²) in [5.41, 5.74) is 0.494. The smallest absolute Gasteiger partial charge is 0.234 e. The second kappa shape index (κ2) is 4.94. The Morgan fingerprint density at radius 2 is 1.88 bits per heavy atom. The molecule has 0 aromatic heterocycles. The van der Waals surface area contributed by atoms with Crippen LogP contribution in [0.4, 0.5) is 5.69 Å². The molecule has 0 unspecified atom stereocenters. The molecule has 5 heteroatoms. The van der Waals surface area contributed by atoms with Gasteiger partial charge in [-0.05, 0) is 46.7 Å². The molecule has 1 saturated heterocycles. The van der Waals surface area contributed by atoms with Gasteiger partial charge in [0.2, 0.25) is 11.8 Å². The van der Waals surface area contributed by atoms with Crippen LogP contribution in [0.2, 0.25) is 5.02 Å². The van der Waals surface area contributed by atoms with Gasteiger partial charge in [-0.1, -0.05) is 18.5 Å². The van der Waals surface area contributed by atoms with E-state index < -0.39 is 0 Å². The molecule has 0 saturated carbocycles. The van der Waals surface area contributed by atoms with Crippen LogP contribution in [0.3, 0.4) is 0 Å². The van der Waals surface area contributed by atoms with Crippen molar-refractivity contribution in [3.05, 3.63) is 26.8 Å². The van der Waals surface area contributed by atoms with E-state index in [1.807, 2.05) is 13.0 Å². The summed E-state index contributed by atoms with van der Waals surface area (Å²) in [7, 11) is 0. The van der Waals surface area contributed by atoms with Crippen LogP contribution in [-0.4, -0.2) is 11.8 Å². The monoisotopic (exact) mass is 363 g/mol. The Morgan fingerprint density at radius 3 is 2.41 bits per heavy atom. The highest BCUT2D eigenvalue weighted by molar-refractivity contribution is 14.1. The normalized spacial score (nSPS) is 17.7. The van der Waals surface area contributed by atoms with Crippen molar-refractivity contribution in [1.82, 2.24) is 0 Å². The van der Waals surface area contributed by atoms with Crippen LogP contribution in [0.15, 0.2) is 18.2 Å². The number of anilines is 1. The van der Waals surface area contributed by atoms with Crippen molar-refractivity contribution >= 4 is 51.7 Å². The fourth-order valence-corrected chi connectivity index (χ4v) is 2.86. The van der Waals surface area contributed by atoms with E-state index in [9.17, 15) is 9.59 Å². The topological polar surface area (TPSA) is 37.4 Å². The number of amides is 2. The molecular weight excluding hydrogens is 352 g/mol. The maximum atomic E-state index is 11.9. The third kappa shape index (κ3) is 2.63. The van der Waals surface area contributed by atoms with Gasteiger partial charge in [0.1, 0.15) is 0 Å². The van der Waals surface area contributed by atoms with Crippen molar-refractivity contribution in [3.8, 4) is 0 Å². The number of piperidine rings is 1. The first kappa shape index (κ1) is 12.8. The number of nitrogens with zero attached hydrogens (tertiary/aromatic N) is 1. The fraction of sp³-hybridized carbons (Fsp3) is 0.333. The minimum Gasteiger partial charge on any atom is -0.274 e. The third-order valence-corrected chi connectivity index (χ3v) is 3.67. The number of benzene rings is 1. The summed E-state index contributed by atoms with van der Waals surface area (Å²) in [6.45, 7) is 1.91. The van der Waals surface area contributed by atoms with Crippen LogP contribution in [0.25, 0.3) is 0 Å². The van der Waals surface area contributed by atoms with Gasteiger partial charge in [0.05, 0.1) is 10.7 Å². The van der Waals surface area contributed by atoms with Crippen LogP contribution in [0.1, 0.15) is 19.8 Å². The SMILES string of the molecule is CC1CC(=O)N(c2ccc(I)cc2Cl)C(=O)C1. The summed E-state index contributed by atoms with van der Waals surface area (Å²) in [4.78, 5) is 25.0. The lowest BCUT2D eigenvalue weighted by atomic mass is 9.97. The minimum absolute atomic E-state index is 0.119. The predicted molar refractivity (Wildman–Crippen MR) is 75.1 cm³/mol. The molecule has 1 aliphatic heterocycles. The molecule has 90 valence electrons. The summed E-state index contributed by atoms with van der Waals surface area (Å²) in [5, 5.41) is 0.438. The van der Waals surface area contributed by atoms with Crippen molar-refractivity contribution in [1.29, 1.82) is 0 Å². The first-order valence-corrected chi connectivity index (χ1v) is 6.75. The molecule has 1 heterocycles. The van der Waals surface area contributed by atoms with E-state index in [-0.39, 0.29) is 17.7 Å². The summed E-state index contributed by atoms with van der Waals surface area (Å²) in [5.74, 6) is -0.220. The van der Waals surface area contributed by atoms with Gasteiger partial charge in [-0.2, -0.15) is 0 Å². The molecule has 1 aromatic carbocycles. The predicted octanol–water partition coefficient (Wildman–Crippen LogP) is 3.23. The molecule has 1 aliphatic rings. The maximum Gasteiger partial charge on any atom is 0.234 e. The van der Waals surface area contributed by atoms with Gasteiger partial charge >= 0.3 is 0 Å². The van der Waals surface area contributed by atoms with Crippen molar-refractivity contribution in [2.45, 2.75) is 19.8 Å². The van der Waals surface area contributed by atoms with Crippen LogP contribution in [-0.2, 0) is 9.59 Å². The summed E-state index contributed by atoms with van der Waals surface area (Å²) in [6, 6.07) is 5.30. The molecule has 2 rings (SSSR count). The largest absolute Gasteiger partial charge is 0.274 e. The number of hydrogen-bond acceptors (Lipinski definition) is 2. The molecule has 1 aromatic rings. The summed E-state index contributed by atoms with van der Waals surface area (Å²) in [6.07, 6.45) is 0.794. The van der Waals surface area contributed by atoms with E-state index >= 15 is 0 Å². The molecule has 0 atom stereocenters. The summed E-state index contributed by atoms with van der Waals surface area (Å²) >= 11 is 8.21. The molecule has 3 nitrogen and oxygen atoms in total. The fourth-order valence-electron chi connectivity index (χ4n) is 1.92. The minimum atomic E-state index is -0.170. The molecule has 0 bridgehead atoms. The molecule has 0 N–H and O–H groups in total. The zero-order valence-corrected chi connectivity index (χ0v) is 12.2. The van der Waals surface area contributed by atoms with Gasteiger partial charge in [0.25, 0.3) is 0 Å². The van der Waals surface area contributed by atoms with Gasteiger partial charge in [-0.3, -0.25) is 9.59 Å². The zero-order valence-electron chi connectivity index (χ0n) is 9.24. The van der Waals surface area contributed by atoms with E-state index in [0.717, 1.165) is 3.57 Å². The second-order valence-corrected chi connectivity index (χ2v) is 5.88. The van der Waals surface area contributed by atoms with Crippen molar-refractivity contribution in [3.63, 3.8) is 0 Å². The van der Waals surface area contributed by atoms with E-state index in [4.69, 9.17) is 11.6 Å². The quantitative estimate of drug-likeness (QED) is 0.567.